The van der Waals surface area contributed by atoms with E-state index < -0.39 is 17.4 Å². The van der Waals surface area contributed by atoms with Crippen molar-refractivity contribution in [2.75, 3.05) is 13.3 Å². The molecule has 0 bridgehead atoms. The molecule has 154 valence electrons. The first kappa shape index (κ1) is 24.0. The Bertz CT molecular complexity index is 766. The van der Waals surface area contributed by atoms with E-state index in [0.717, 1.165) is 32.1 Å². The van der Waals surface area contributed by atoms with Crippen molar-refractivity contribution in [3.05, 3.63) is 29.8 Å². The van der Waals surface area contributed by atoms with E-state index in [1.807, 2.05) is 20.8 Å². The second-order valence-corrected chi connectivity index (χ2v) is 12.7. The van der Waals surface area contributed by atoms with Gasteiger partial charge in [0.1, 0.15) is 0 Å². The van der Waals surface area contributed by atoms with Crippen molar-refractivity contribution in [1.82, 2.24) is 0 Å². The molecule has 0 fully saturated rings. The number of primary sulfonamides is 1. The predicted molar refractivity (Wildman–Crippen MR) is 109 cm³/mol. The van der Waals surface area contributed by atoms with E-state index in [0.29, 0.717) is 18.6 Å². The Morgan fingerprint density at radius 3 is 2.07 bits per heavy atom. The van der Waals surface area contributed by atoms with Gasteiger partial charge in [-0.15, -0.1) is 0 Å². The Kier molecular flexibility index (Phi) is 8.87. The van der Waals surface area contributed by atoms with Gasteiger partial charge in [-0.3, -0.25) is 9.36 Å². The summed E-state index contributed by atoms with van der Waals surface area (Å²) in [5.41, 5.74) is 0.497. The summed E-state index contributed by atoms with van der Waals surface area (Å²) in [6.45, 7) is 7.96. The molecule has 27 heavy (non-hydrogen) atoms. The molecule has 6 nitrogen and oxygen atoms in total. The van der Waals surface area contributed by atoms with Crippen LogP contribution in [0.25, 0.3) is 0 Å². The number of hydrogen-bond acceptors (Lipinski definition) is 5. The molecule has 2 N–H and O–H groups in total. The molecular formula is C19H32NO5PS. The molecule has 0 aromatic heterocycles. The summed E-state index contributed by atoms with van der Waals surface area (Å²) >= 11 is 0. The number of benzene rings is 1. The van der Waals surface area contributed by atoms with Crippen LogP contribution in [0.4, 0.5) is 0 Å². The van der Waals surface area contributed by atoms with Crippen LogP contribution in [0, 0.1) is 0 Å². The molecule has 1 rings (SSSR count). The third-order valence-electron chi connectivity index (χ3n) is 4.61. The predicted octanol–water partition coefficient (Wildman–Crippen LogP) is 4.58. The van der Waals surface area contributed by atoms with Gasteiger partial charge in [0.05, 0.1) is 11.5 Å². The van der Waals surface area contributed by atoms with Crippen molar-refractivity contribution in [1.29, 1.82) is 0 Å². The molecular weight excluding hydrogens is 385 g/mol. The van der Waals surface area contributed by atoms with E-state index in [9.17, 15) is 17.8 Å². The zero-order valence-corrected chi connectivity index (χ0v) is 18.4. The van der Waals surface area contributed by atoms with Gasteiger partial charge in [0.15, 0.2) is 5.78 Å². The monoisotopic (exact) mass is 417 g/mol. The van der Waals surface area contributed by atoms with Crippen LogP contribution in [-0.4, -0.2) is 32.6 Å². The maximum atomic E-state index is 12.4. The van der Waals surface area contributed by atoms with Gasteiger partial charge < -0.3 is 4.52 Å². The van der Waals surface area contributed by atoms with Gasteiger partial charge in [-0.1, -0.05) is 52.2 Å². The summed E-state index contributed by atoms with van der Waals surface area (Å²) in [6.07, 6.45) is 4.97. The summed E-state index contributed by atoms with van der Waals surface area (Å²) < 4.78 is 40.3. The normalized spacial score (nSPS) is 14.7. The molecule has 0 radical (unpaired) electrons. The highest BCUT2D eigenvalue weighted by Gasteiger charge is 2.32. The largest absolute Gasteiger partial charge is 0.328 e. The van der Waals surface area contributed by atoms with E-state index in [-0.39, 0.29) is 15.8 Å². The van der Waals surface area contributed by atoms with Crippen molar-refractivity contribution in [2.24, 2.45) is 5.14 Å². The first-order valence-corrected chi connectivity index (χ1v) is 12.8. The van der Waals surface area contributed by atoms with Crippen LogP contribution in [-0.2, 0) is 19.1 Å². The standard InChI is InChI=1S/C19H32NO5PS/c1-19(2,3)26(4,22)25-15-9-7-5-6-8-10-18(21)16-11-13-17(14-12-16)27(20,23)24/h11-14H,5-10,15H2,1-4H3,(H2,20,23,24). The number of hydrogen-bond donors (Lipinski definition) is 1. The summed E-state index contributed by atoms with van der Waals surface area (Å²) in [5, 5.41) is 4.71. The van der Waals surface area contributed by atoms with Crippen LogP contribution in [0.3, 0.4) is 0 Å². The lowest BCUT2D eigenvalue weighted by Crippen LogP contribution is -2.16. The lowest BCUT2D eigenvalue weighted by molar-refractivity contribution is 0.0979. The fourth-order valence-corrected chi connectivity index (χ4v) is 3.71. The number of sulfonamides is 1. The Hall–Kier alpha value is -1.01. The highest BCUT2D eigenvalue weighted by atomic mass is 32.2. The first-order valence-electron chi connectivity index (χ1n) is 9.23. The van der Waals surface area contributed by atoms with Crippen molar-refractivity contribution in [3.8, 4) is 0 Å². The molecule has 0 aliphatic heterocycles. The fraction of sp³-hybridized carbons (Fsp3) is 0.632. The van der Waals surface area contributed by atoms with E-state index in [1.165, 1.54) is 24.3 Å². The molecule has 0 aliphatic rings. The molecule has 1 atom stereocenters. The molecule has 0 saturated heterocycles. The van der Waals surface area contributed by atoms with Crippen molar-refractivity contribution >= 4 is 23.2 Å². The third-order valence-corrected chi connectivity index (χ3v) is 8.65. The average molecular weight is 418 g/mol. The number of Topliss-reactive ketones (excluding diaryl/α,β-unsaturated/α-hetero) is 1. The zero-order valence-electron chi connectivity index (χ0n) is 16.7. The second kappa shape index (κ2) is 9.97. The van der Waals surface area contributed by atoms with E-state index in [4.69, 9.17) is 9.66 Å². The lowest BCUT2D eigenvalue weighted by Gasteiger charge is -2.27. The minimum absolute atomic E-state index is 0.00333. The molecule has 0 amide bonds. The Labute approximate surface area is 163 Å². The molecule has 0 heterocycles. The van der Waals surface area contributed by atoms with Crippen LogP contribution < -0.4 is 5.14 Å². The van der Waals surface area contributed by atoms with Gasteiger partial charge in [-0.2, -0.15) is 0 Å². The van der Waals surface area contributed by atoms with Gasteiger partial charge in [-0.05, 0) is 25.0 Å². The molecule has 1 unspecified atom stereocenters. The van der Waals surface area contributed by atoms with Crippen LogP contribution in [0.2, 0.25) is 0 Å². The molecule has 1 aromatic rings. The number of rotatable bonds is 11. The molecule has 0 aliphatic carbocycles. The Morgan fingerprint density at radius 1 is 1.04 bits per heavy atom. The van der Waals surface area contributed by atoms with Gasteiger partial charge in [-0.25, -0.2) is 13.6 Å². The highest BCUT2D eigenvalue weighted by molar-refractivity contribution is 7.89. The zero-order chi connectivity index (χ0) is 20.7. The molecule has 0 saturated carbocycles. The molecule has 1 aromatic carbocycles. The quantitative estimate of drug-likeness (QED) is 0.322. The summed E-state index contributed by atoms with van der Waals surface area (Å²) in [6, 6.07) is 5.70. The Balaban J connectivity index is 2.22. The van der Waals surface area contributed by atoms with Gasteiger partial charge >= 0.3 is 0 Å². The highest BCUT2D eigenvalue weighted by Crippen LogP contribution is 2.55. The smallest absolute Gasteiger partial charge is 0.238 e. The van der Waals surface area contributed by atoms with Crippen LogP contribution in [0.15, 0.2) is 29.2 Å². The summed E-state index contributed by atoms with van der Waals surface area (Å²) in [7, 11) is -6.32. The maximum absolute atomic E-state index is 12.4. The third kappa shape index (κ3) is 8.26. The average Bonchev–Trinajstić information content (AvgIpc) is 2.55. The number of unbranched alkanes of at least 4 members (excludes halogenated alkanes) is 4. The number of ketones is 1. The number of nitrogens with two attached hydrogens (primary N) is 1. The minimum Gasteiger partial charge on any atom is -0.328 e. The number of carbonyl (C=O) groups excluding carboxylic acids is 1. The van der Waals surface area contributed by atoms with Crippen LogP contribution in [0.5, 0.6) is 0 Å². The lowest BCUT2D eigenvalue weighted by atomic mass is 10.0. The van der Waals surface area contributed by atoms with Crippen molar-refractivity contribution < 1.29 is 22.3 Å². The van der Waals surface area contributed by atoms with Gasteiger partial charge in [0.25, 0.3) is 0 Å². The minimum atomic E-state index is -3.73. The van der Waals surface area contributed by atoms with Crippen molar-refractivity contribution in [2.45, 2.75) is 69.3 Å². The van der Waals surface area contributed by atoms with Gasteiger partial charge in [0.2, 0.25) is 17.4 Å². The fourth-order valence-electron chi connectivity index (χ4n) is 2.33. The summed E-state index contributed by atoms with van der Waals surface area (Å²) in [4.78, 5) is 12.1. The van der Waals surface area contributed by atoms with Crippen molar-refractivity contribution in [3.63, 3.8) is 0 Å². The van der Waals surface area contributed by atoms with Crippen LogP contribution in [0.1, 0.15) is 69.7 Å². The van der Waals surface area contributed by atoms with E-state index >= 15 is 0 Å². The Morgan fingerprint density at radius 2 is 1.56 bits per heavy atom. The number of carbonyl (C=O) groups is 1. The first-order chi connectivity index (χ1) is 12.3. The maximum Gasteiger partial charge on any atom is 0.238 e. The molecule has 0 spiro atoms. The van der Waals surface area contributed by atoms with Gasteiger partial charge in [0, 0.05) is 23.8 Å². The second-order valence-electron chi connectivity index (χ2n) is 7.86. The van der Waals surface area contributed by atoms with E-state index in [1.54, 1.807) is 6.66 Å². The van der Waals surface area contributed by atoms with E-state index in [2.05, 4.69) is 0 Å². The molecule has 8 heteroatoms. The SMILES string of the molecule is CC(C)(C)P(C)(=O)OCCCCCCCC(=O)c1ccc(S(N)(=O)=O)cc1. The topological polar surface area (TPSA) is 104 Å². The van der Waals surface area contributed by atoms with Crippen LogP contribution >= 0.6 is 7.37 Å². The summed E-state index contributed by atoms with van der Waals surface area (Å²) in [5.74, 6) is -0.00333.